The van der Waals surface area contributed by atoms with E-state index < -0.39 is 6.61 Å². The summed E-state index contributed by atoms with van der Waals surface area (Å²) in [5, 5.41) is 4.75. The summed E-state index contributed by atoms with van der Waals surface area (Å²) in [7, 11) is 0. The molecule has 0 aliphatic heterocycles. The number of alkyl halides is 2. The first-order valence-electron chi connectivity index (χ1n) is 6.97. The molecule has 3 nitrogen and oxygen atoms in total. The summed E-state index contributed by atoms with van der Waals surface area (Å²) < 4.78 is 28.4. The van der Waals surface area contributed by atoms with Gasteiger partial charge in [0.25, 0.3) is 5.91 Å². The van der Waals surface area contributed by atoms with E-state index in [0.717, 1.165) is 10.8 Å². The SMILES string of the molecule is O=C(Nc1ccc(OC(F)F)cc1)c1ccc2ccccc2c1. The number of benzene rings is 3. The van der Waals surface area contributed by atoms with Crippen LogP contribution in [0.5, 0.6) is 5.75 Å². The molecule has 0 atom stereocenters. The molecule has 0 saturated carbocycles. The second-order valence-electron chi connectivity index (χ2n) is 4.92. The molecule has 0 spiro atoms. The first-order chi connectivity index (χ1) is 11.1. The lowest BCUT2D eigenvalue weighted by Gasteiger charge is -2.08. The molecule has 0 radical (unpaired) electrons. The Morgan fingerprint density at radius 2 is 1.61 bits per heavy atom. The van der Waals surface area contributed by atoms with Crippen molar-refractivity contribution in [2.45, 2.75) is 6.61 Å². The molecule has 0 unspecified atom stereocenters. The van der Waals surface area contributed by atoms with Gasteiger partial charge in [-0.25, -0.2) is 0 Å². The number of hydrogen-bond donors (Lipinski definition) is 1. The van der Waals surface area contributed by atoms with Crippen LogP contribution in [0.25, 0.3) is 10.8 Å². The fourth-order valence-corrected chi connectivity index (χ4v) is 2.25. The summed E-state index contributed by atoms with van der Waals surface area (Å²) in [6, 6.07) is 18.9. The molecule has 3 aromatic carbocycles. The number of rotatable bonds is 4. The Balaban J connectivity index is 1.74. The Kier molecular flexibility index (Phi) is 4.19. The van der Waals surface area contributed by atoms with Crippen molar-refractivity contribution < 1.29 is 18.3 Å². The van der Waals surface area contributed by atoms with Gasteiger partial charge in [-0.15, -0.1) is 0 Å². The Hall–Kier alpha value is -2.95. The van der Waals surface area contributed by atoms with Gasteiger partial charge in [-0.1, -0.05) is 30.3 Å². The van der Waals surface area contributed by atoms with Crippen molar-refractivity contribution in [2.24, 2.45) is 0 Å². The van der Waals surface area contributed by atoms with E-state index in [0.29, 0.717) is 11.3 Å². The zero-order valence-electron chi connectivity index (χ0n) is 12.0. The Labute approximate surface area is 131 Å². The highest BCUT2D eigenvalue weighted by Gasteiger charge is 2.08. The molecule has 0 aliphatic carbocycles. The summed E-state index contributed by atoms with van der Waals surface area (Å²) in [5.74, 6) is -0.220. The van der Waals surface area contributed by atoms with E-state index in [9.17, 15) is 13.6 Å². The summed E-state index contributed by atoms with van der Waals surface area (Å²) in [6.45, 7) is -2.87. The number of carbonyl (C=O) groups is 1. The molecule has 116 valence electrons. The van der Waals surface area contributed by atoms with E-state index in [1.54, 1.807) is 12.1 Å². The molecule has 0 bridgehead atoms. The van der Waals surface area contributed by atoms with Crippen LogP contribution in [-0.2, 0) is 0 Å². The highest BCUT2D eigenvalue weighted by Crippen LogP contribution is 2.20. The van der Waals surface area contributed by atoms with Gasteiger partial charge in [-0.2, -0.15) is 8.78 Å². The van der Waals surface area contributed by atoms with Crippen molar-refractivity contribution in [3.63, 3.8) is 0 Å². The number of hydrogen-bond acceptors (Lipinski definition) is 2. The average molecular weight is 313 g/mol. The number of anilines is 1. The fourth-order valence-electron chi connectivity index (χ4n) is 2.25. The highest BCUT2D eigenvalue weighted by molar-refractivity contribution is 6.06. The van der Waals surface area contributed by atoms with Crippen LogP contribution < -0.4 is 10.1 Å². The minimum absolute atomic E-state index is 0.0451. The van der Waals surface area contributed by atoms with Crippen LogP contribution in [0.15, 0.2) is 66.7 Å². The van der Waals surface area contributed by atoms with Crippen molar-refractivity contribution in [3.8, 4) is 5.75 Å². The van der Waals surface area contributed by atoms with E-state index in [-0.39, 0.29) is 11.7 Å². The maximum atomic E-state index is 12.3. The molecular weight excluding hydrogens is 300 g/mol. The predicted octanol–water partition coefficient (Wildman–Crippen LogP) is 4.69. The van der Waals surface area contributed by atoms with Gasteiger partial charge in [0.05, 0.1) is 0 Å². The second kappa shape index (κ2) is 6.44. The van der Waals surface area contributed by atoms with Crippen LogP contribution in [0.4, 0.5) is 14.5 Å². The zero-order valence-corrected chi connectivity index (χ0v) is 12.0. The quantitative estimate of drug-likeness (QED) is 0.758. The normalized spacial score (nSPS) is 10.7. The van der Waals surface area contributed by atoms with Crippen LogP contribution in [-0.4, -0.2) is 12.5 Å². The van der Waals surface area contributed by atoms with E-state index in [4.69, 9.17) is 0 Å². The molecular formula is C18H13F2NO2. The van der Waals surface area contributed by atoms with Crippen molar-refractivity contribution in [1.29, 1.82) is 0 Å². The van der Waals surface area contributed by atoms with Crippen LogP contribution >= 0.6 is 0 Å². The molecule has 0 aromatic heterocycles. The molecule has 23 heavy (non-hydrogen) atoms. The van der Waals surface area contributed by atoms with Gasteiger partial charge < -0.3 is 10.1 Å². The van der Waals surface area contributed by atoms with E-state index in [2.05, 4.69) is 10.1 Å². The lowest BCUT2D eigenvalue weighted by molar-refractivity contribution is -0.0498. The van der Waals surface area contributed by atoms with Crippen LogP contribution in [0, 0.1) is 0 Å². The van der Waals surface area contributed by atoms with Gasteiger partial charge in [0.15, 0.2) is 0 Å². The van der Waals surface area contributed by atoms with Gasteiger partial charge in [0.2, 0.25) is 0 Å². The monoisotopic (exact) mass is 313 g/mol. The molecule has 3 rings (SSSR count). The number of amides is 1. The number of halogens is 2. The smallest absolute Gasteiger partial charge is 0.387 e. The molecule has 1 amide bonds. The maximum Gasteiger partial charge on any atom is 0.387 e. The molecule has 0 heterocycles. The van der Waals surface area contributed by atoms with Gasteiger partial charge in [0.1, 0.15) is 5.75 Å². The van der Waals surface area contributed by atoms with Crippen molar-refractivity contribution in [2.75, 3.05) is 5.32 Å². The maximum absolute atomic E-state index is 12.3. The number of ether oxygens (including phenoxy) is 1. The third-order valence-electron chi connectivity index (χ3n) is 3.35. The lowest BCUT2D eigenvalue weighted by Crippen LogP contribution is -2.11. The summed E-state index contributed by atoms with van der Waals surface area (Å²) in [6.07, 6.45) is 0. The van der Waals surface area contributed by atoms with E-state index in [1.165, 1.54) is 24.3 Å². The minimum Gasteiger partial charge on any atom is -0.435 e. The summed E-state index contributed by atoms with van der Waals surface area (Å²) >= 11 is 0. The minimum atomic E-state index is -2.87. The topological polar surface area (TPSA) is 38.3 Å². The van der Waals surface area contributed by atoms with Gasteiger partial charge >= 0.3 is 6.61 Å². The number of fused-ring (bicyclic) bond motifs is 1. The van der Waals surface area contributed by atoms with Crippen molar-refractivity contribution >= 4 is 22.4 Å². The van der Waals surface area contributed by atoms with E-state index >= 15 is 0 Å². The van der Waals surface area contributed by atoms with Gasteiger partial charge in [0, 0.05) is 11.3 Å². The molecule has 5 heteroatoms. The second-order valence-corrected chi connectivity index (χ2v) is 4.92. The molecule has 0 saturated heterocycles. The third kappa shape index (κ3) is 3.63. The summed E-state index contributed by atoms with van der Waals surface area (Å²) in [5.41, 5.74) is 1.03. The molecule has 0 aliphatic rings. The van der Waals surface area contributed by atoms with E-state index in [1.807, 2.05) is 30.3 Å². The van der Waals surface area contributed by atoms with Crippen molar-refractivity contribution in [1.82, 2.24) is 0 Å². The van der Waals surface area contributed by atoms with Crippen LogP contribution in [0.3, 0.4) is 0 Å². The third-order valence-corrected chi connectivity index (χ3v) is 3.35. The molecule has 0 fully saturated rings. The van der Waals surface area contributed by atoms with Crippen molar-refractivity contribution in [3.05, 3.63) is 72.3 Å². The predicted molar refractivity (Wildman–Crippen MR) is 85.0 cm³/mol. The lowest BCUT2D eigenvalue weighted by atomic mass is 10.1. The van der Waals surface area contributed by atoms with Gasteiger partial charge in [-0.3, -0.25) is 4.79 Å². The van der Waals surface area contributed by atoms with Crippen LogP contribution in [0.1, 0.15) is 10.4 Å². The largest absolute Gasteiger partial charge is 0.435 e. The Bertz CT molecular complexity index is 832. The Morgan fingerprint density at radius 1 is 0.913 bits per heavy atom. The Morgan fingerprint density at radius 3 is 2.30 bits per heavy atom. The summed E-state index contributed by atoms with van der Waals surface area (Å²) in [4.78, 5) is 12.3. The zero-order chi connectivity index (χ0) is 16.2. The van der Waals surface area contributed by atoms with Gasteiger partial charge in [-0.05, 0) is 47.2 Å². The number of carbonyl (C=O) groups excluding carboxylic acids is 1. The average Bonchev–Trinajstić information content (AvgIpc) is 2.55. The molecule has 1 N–H and O–H groups in total. The fraction of sp³-hybridized carbons (Fsp3) is 0.0556. The number of nitrogens with one attached hydrogen (secondary N) is 1. The highest BCUT2D eigenvalue weighted by atomic mass is 19.3. The molecule has 3 aromatic rings. The standard InChI is InChI=1S/C18H13F2NO2/c19-18(20)23-16-9-7-15(8-10-16)21-17(22)14-6-5-12-3-1-2-4-13(12)11-14/h1-11,18H,(H,21,22). The first-order valence-corrected chi connectivity index (χ1v) is 6.97. The van der Waals surface area contributed by atoms with Crippen LogP contribution in [0.2, 0.25) is 0 Å². The first kappa shape index (κ1) is 15.0.